The molecule has 0 aliphatic carbocycles. The maximum absolute atomic E-state index is 12.6. The van der Waals surface area contributed by atoms with E-state index >= 15 is 0 Å². The maximum Gasteiger partial charge on any atom is 0.306 e. The molecule has 2 amide bonds. The topological polar surface area (TPSA) is 105 Å². The maximum atomic E-state index is 12.6. The van der Waals surface area contributed by atoms with Crippen molar-refractivity contribution in [2.75, 3.05) is 14.2 Å². The van der Waals surface area contributed by atoms with Gasteiger partial charge in [0.25, 0.3) is 5.91 Å². The normalized spacial score (nSPS) is 12.5. The Hall–Kier alpha value is -3.35. The number of carbonyl (C=O) groups excluding carboxylic acids is 2. The van der Waals surface area contributed by atoms with Gasteiger partial charge in [0.15, 0.2) is 0 Å². The second-order valence-corrected chi connectivity index (χ2v) is 6.96. The summed E-state index contributed by atoms with van der Waals surface area (Å²) in [5.41, 5.74) is 0.941. The number of methoxy groups -OCH3 is 1. The predicted octanol–water partition coefficient (Wildman–Crippen LogP) is 2.49. The Morgan fingerprint density at radius 3 is 2.48 bits per heavy atom. The molecule has 154 valence electrons. The molecular formula is C22H26N2O5. The molecule has 2 rings (SSSR count). The van der Waals surface area contributed by atoms with E-state index in [9.17, 15) is 19.5 Å². The molecule has 1 unspecified atom stereocenters. The van der Waals surface area contributed by atoms with Crippen LogP contribution in [0.2, 0.25) is 0 Å². The fourth-order valence-electron chi connectivity index (χ4n) is 3.13. The van der Waals surface area contributed by atoms with E-state index in [4.69, 9.17) is 4.74 Å². The molecule has 29 heavy (non-hydrogen) atoms. The Labute approximate surface area is 170 Å². The number of aryl methyl sites for hydroxylation is 1. The average Bonchev–Trinajstić information content (AvgIpc) is 2.71. The van der Waals surface area contributed by atoms with Crippen molar-refractivity contribution >= 4 is 17.8 Å². The zero-order valence-corrected chi connectivity index (χ0v) is 16.8. The minimum atomic E-state index is -1.08. The zero-order valence-electron chi connectivity index (χ0n) is 16.8. The van der Waals surface area contributed by atoms with Crippen LogP contribution in [0.25, 0.3) is 0 Å². The van der Waals surface area contributed by atoms with Crippen molar-refractivity contribution < 1.29 is 24.2 Å². The molecule has 7 heteroatoms. The lowest BCUT2D eigenvalue weighted by Gasteiger charge is -2.30. The van der Waals surface area contributed by atoms with E-state index in [2.05, 4.69) is 10.6 Å². The van der Waals surface area contributed by atoms with E-state index in [1.165, 1.54) is 7.11 Å². The summed E-state index contributed by atoms with van der Waals surface area (Å²) in [5, 5.41) is 14.8. The fraction of sp³-hybridized carbons (Fsp3) is 0.318. The monoisotopic (exact) mass is 398 g/mol. The summed E-state index contributed by atoms with van der Waals surface area (Å²) in [5.74, 6) is -0.904. The Morgan fingerprint density at radius 1 is 1.10 bits per heavy atom. The highest BCUT2D eigenvalue weighted by Gasteiger charge is 2.31. The van der Waals surface area contributed by atoms with Crippen LogP contribution in [0.3, 0.4) is 0 Å². The van der Waals surface area contributed by atoms with Crippen LogP contribution in [0.5, 0.6) is 5.75 Å². The van der Waals surface area contributed by atoms with Gasteiger partial charge in [-0.05, 0) is 48.7 Å². The van der Waals surface area contributed by atoms with E-state index in [-0.39, 0.29) is 24.7 Å². The van der Waals surface area contributed by atoms with E-state index in [1.54, 1.807) is 56.4 Å². The molecule has 0 fully saturated rings. The summed E-state index contributed by atoms with van der Waals surface area (Å²) < 4.78 is 5.21. The number of rotatable bonds is 9. The van der Waals surface area contributed by atoms with Gasteiger partial charge in [-0.3, -0.25) is 14.4 Å². The van der Waals surface area contributed by atoms with Crippen LogP contribution < -0.4 is 15.4 Å². The second kappa shape index (κ2) is 9.73. The van der Waals surface area contributed by atoms with E-state index in [0.29, 0.717) is 23.3 Å². The largest absolute Gasteiger partial charge is 0.497 e. The van der Waals surface area contributed by atoms with Crippen LogP contribution in [0.15, 0.2) is 48.5 Å². The number of carboxylic acid groups (broad SMARTS) is 1. The third-order valence-electron chi connectivity index (χ3n) is 4.68. The van der Waals surface area contributed by atoms with Crippen LogP contribution in [0.4, 0.5) is 0 Å². The molecule has 0 aliphatic rings. The SMILES string of the molecule is CNC(=O)c1cccc(CCC(=O)NC(C)(CC(=O)O)c2cccc(OC)c2)c1. The number of hydrogen-bond acceptors (Lipinski definition) is 4. The van der Waals surface area contributed by atoms with Gasteiger partial charge in [-0.15, -0.1) is 0 Å². The molecule has 2 aromatic carbocycles. The first-order chi connectivity index (χ1) is 13.8. The highest BCUT2D eigenvalue weighted by Crippen LogP contribution is 2.28. The van der Waals surface area contributed by atoms with Crippen molar-refractivity contribution in [3.05, 3.63) is 65.2 Å². The Kier molecular flexibility index (Phi) is 7.36. The average molecular weight is 398 g/mol. The molecule has 7 nitrogen and oxygen atoms in total. The predicted molar refractivity (Wildman–Crippen MR) is 109 cm³/mol. The van der Waals surface area contributed by atoms with Crippen molar-refractivity contribution in [2.24, 2.45) is 0 Å². The van der Waals surface area contributed by atoms with Crippen molar-refractivity contribution in [3.63, 3.8) is 0 Å². The molecular weight excluding hydrogens is 372 g/mol. The molecule has 1 atom stereocenters. The molecule has 0 radical (unpaired) electrons. The van der Waals surface area contributed by atoms with Crippen LogP contribution in [0.1, 0.15) is 41.3 Å². The van der Waals surface area contributed by atoms with Gasteiger partial charge >= 0.3 is 5.97 Å². The first-order valence-electron chi connectivity index (χ1n) is 9.26. The lowest BCUT2D eigenvalue weighted by molar-refractivity contribution is -0.139. The van der Waals surface area contributed by atoms with Gasteiger partial charge in [0.1, 0.15) is 5.75 Å². The molecule has 0 heterocycles. The summed E-state index contributed by atoms with van der Waals surface area (Å²) in [4.78, 5) is 35.8. The van der Waals surface area contributed by atoms with E-state index in [1.807, 2.05) is 6.07 Å². The first-order valence-corrected chi connectivity index (χ1v) is 9.26. The van der Waals surface area contributed by atoms with Gasteiger partial charge < -0.3 is 20.5 Å². The molecule has 3 N–H and O–H groups in total. The number of nitrogens with one attached hydrogen (secondary N) is 2. The van der Waals surface area contributed by atoms with Crippen molar-refractivity contribution in [1.82, 2.24) is 10.6 Å². The second-order valence-electron chi connectivity index (χ2n) is 6.96. The van der Waals surface area contributed by atoms with Crippen LogP contribution in [0, 0.1) is 0 Å². The first kappa shape index (κ1) is 21.9. The van der Waals surface area contributed by atoms with Crippen LogP contribution in [-0.4, -0.2) is 37.0 Å². The third kappa shape index (κ3) is 6.07. The van der Waals surface area contributed by atoms with E-state index in [0.717, 1.165) is 5.56 Å². The number of ether oxygens (including phenoxy) is 1. The number of aliphatic carboxylic acids is 1. The molecule has 2 aromatic rings. The van der Waals surface area contributed by atoms with Gasteiger partial charge in [0.2, 0.25) is 5.91 Å². The van der Waals surface area contributed by atoms with Crippen molar-refractivity contribution in [3.8, 4) is 5.75 Å². The Balaban J connectivity index is 2.12. The molecule has 0 saturated carbocycles. The summed E-state index contributed by atoms with van der Waals surface area (Å²) in [6.45, 7) is 1.68. The smallest absolute Gasteiger partial charge is 0.306 e. The molecule has 0 spiro atoms. The fourth-order valence-corrected chi connectivity index (χ4v) is 3.13. The summed E-state index contributed by atoms with van der Waals surface area (Å²) in [6.07, 6.45) is 0.326. The number of hydrogen-bond donors (Lipinski definition) is 3. The molecule has 0 bridgehead atoms. The molecule has 0 saturated heterocycles. The Morgan fingerprint density at radius 2 is 1.83 bits per heavy atom. The Bertz CT molecular complexity index is 896. The van der Waals surface area contributed by atoms with Crippen LogP contribution in [-0.2, 0) is 21.5 Å². The minimum Gasteiger partial charge on any atom is -0.497 e. The standard InChI is InChI=1S/C22H26N2O5/c1-22(14-20(26)27,17-8-5-9-18(13-17)29-3)24-19(25)11-10-15-6-4-7-16(12-15)21(28)23-2/h4-9,12-13H,10-11,14H2,1-3H3,(H,23,28)(H,24,25)(H,26,27). The third-order valence-corrected chi connectivity index (χ3v) is 4.68. The van der Waals surface area contributed by atoms with Crippen molar-refractivity contribution in [1.29, 1.82) is 0 Å². The van der Waals surface area contributed by atoms with Gasteiger partial charge in [0, 0.05) is 19.0 Å². The number of benzene rings is 2. The minimum absolute atomic E-state index is 0.163. The molecule has 0 aromatic heterocycles. The number of carbonyl (C=O) groups is 3. The zero-order chi connectivity index (χ0) is 21.4. The lowest BCUT2D eigenvalue weighted by Crippen LogP contribution is -2.45. The van der Waals surface area contributed by atoms with Gasteiger partial charge in [-0.2, -0.15) is 0 Å². The summed E-state index contributed by atoms with van der Waals surface area (Å²) in [7, 11) is 3.09. The van der Waals surface area contributed by atoms with Crippen molar-refractivity contribution in [2.45, 2.75) is 31.7 Å². The van der Waals surface area contributed by atoms with Crippen LogP contribution >= 0.6 is 0 Å². The lowest BCUT2D eigenvalue weighted by atomic mass is 9.88. The number of carboxylic acids is 1. The molecule has 0 aliphatic heterocycles. The van der Waals surface area contributed by atoms with E-state index < -0.39 is 11.5 Å². The summed E-state index contributed by atoms with van der Waals surface area (Å²) >= 11 is 0. The quantitative estimate of drug-likeness (QED) is 0.602. The number of amides is 2. The highest BCUT2D eigenvalue weighted by molar-refractivity contribution is 5.94. The van der Waals surface area contributed by atoms with Gasteiger partial charge in [-0.1, -0.05) is 24.3 Å². The highest BCUT2D eigenvalue weighted by atomic mass is 16.5. The van der Waals surface area contributed by atoms with Gasteiger partial charge in [-0.25, -0.2) is 0 Å². The summed E-state index contributed by atoms with van der Waals surface area (Å²) in [6, 6.07) is 14.0. The van der Waals surface area contributed by atoms with Gasteiger partial charge in [0.05, 0.1) is 19.1 Å².